The molecule has 0 N–H and O–H groups in total. The van der Waals surface area contributed by atoms with Gasteiger partial charge in [0.25, 0.3) is 5.54 Å². The van der Waals surface area contributed by atoms with Crippen LogP contribution in [0.3, 0.4) is 0 Å². The number of rotatable bonds is 5. The van der Waals surface area contributed by atoms with Crippen molar-refractivity contribution in [3.8, 4) is 22.5 Å². The van der Waals surface area contributed by atoms with Gasteiger partial charge in [0, 0.05) is 45.4 Å². The maximum absolute atomic E-state index is 6.84. The molecule has 0 saturated heterocycles. The lowest BCUT2D eigenvalue weighted by molar-refractivity contribution is -0.771. The molecule has 3 aliphatic carbocycles. The number of benzene rings is 2. The topological polar surface area (TPSA) is 33.8 Å². The van der Waals surface area contributed by atoms with Gasteiger partial charge in [-0.25, -0.2) is 4.98 Å². The Kier molecular flexibility index (Phi) is 6.42. The van der Waals surface area contributed by atoms with Gasteiger partial charge in [0.2, 0.25) is 23.1 Å². The first kappa shape index (κ1) is 30.5. The number of fused-ring (bicyclic) bond motifs is 17. The Morgan fingerprint density at radius 3 is 2.35 bits per heavy atom. The highest BCUT2D eigenvalue weighted by atomic mass is 28.3. The molecule has 4 aromatic heterocycles. The SMILES string of the molecule is Cc1ccc2c(n1)oc1c3c(ccc12)C1(C2c4ccccc4-c4cc(CC5CCCC5)c([Si](C)(C)C)c[n+]4C21)[n+]1ccc(CC2CCCC2)cc1-3. The molecule has 5 aliphatic rings. The minimum Gasteiger partial charge on any atom is -0.437 e. The summed E-state index contributed by atoms with van der Waals surface area (Å²) in [6, 6.07) is 26.4. The van der Waals surface area contributed by atoms with Gasteiger partial charge < -0.3 is 4.42 Å². The molecule has 0 bridgehead atoms. The van der Waals surface area contributed by atoms with Gasteiger partial charge >= 0.3 is 0 Å². The van der Waals surface area contributed by atoms with E-state index in [1.807, 2.05) is 0 Å². The predicted molar refractivity (Wildman–Crippen MR) is 207 cm³/mol. The van der Waals surface area contributed by atoms with Gasteiger partial charge in [-0.1, -0.05) is 95.3 Å². The molecule has 2 aromatic carbocycles. The predicted octanol–water partition coefficient (Wildman–Crippen LogP) is 9.62. The summed E-state index contributed by atoms with van der Waals surface area (Å²) in [5.41, 5.74) is 14.0. The van der Waals surface area contributed by atoms with E-state index in [0.717, 1.165) is 34.2 Å². The van der Waals surface area contributed by atoms with Crippen molar-refractivity contribution in [1.82, 2.24) is 4.98 Å². The third kappa shape index (κ3) is 4.27. The molecule has 3 unspecified atom stereocenters. The van der Waals surface area contributed by atoms with E-state index in [-0.39, 0.29) is 5.54 Å². The standard InChI is InChI=1S/C46H49N3OSi/c1-28-17-18-36-35-19-20-37-41(43(35)50-45(36)47-28)39-25-31(23-29-11-5-6-12-29)21-22-49(39)46(37)42-34-16-10-9-15-33(34)38-26-32(24-30-13-7-8-14-30)40(51(2,3)4)27-48(38)44(42)46/h9-10,15-22,25-27,29-30,42,44H,5-8,11-14,23-24H2,1-4H3/q+2. The summed E-state index contributed by atoms with van der Waals surface area (Å²) >= 11 is 0. The fourth-order valence-corrected chi connectivity index (χ4v) is 13.1. The van der Waals surface area contributed by atoms with Crippen molar-refractivity contribution in [2.45, 2.75) is 108 Å². The molecule has 11 rings (SSSR count). The van der Waals surface area contributed by atoms with Crippen molar-refractivity contribution in [3.63, 3.8) is 0 Å². The van der Waals surface area contributed by atoms with Crippen LogP contribution in [0.2, 0.25) is 19.6 Å². The minimum atomic E-state index is -1.64. The Labute approximate surface area is 302 Å². The fraction of sp³-hybridized carbons (Fsp3) is 0.413. The number of hydrogen-bond acceptors (Lipinski definition) is 2. The minimum absolute atomic E-state index is 0.219. The summed E-state index contributed by atoms with van der Waals surface area (Å²) in [5.74, 6) is 1.97. The Morgan fingerprint density at radius 2 is 1.57 bits per heavy atom. The third-order valence-corrected chi connectivity index (χ3v) is 15.8. The number of pyridine rings is 3. The molecule has 256 valence electrons. The van der Waals surface area contributed by atoms with E-state index in [9.17, 15) is 0 Å². The van der Waals surface area contributed by atoms with Crippen molar-refractivity contribution in [3.05, 3.63) is 107 Å². The summed E-state index contributed by atoms with van der Waals surface area (Å²) in [7, 11) is -1.64. The Hall–Kier alpha value is -4.09. The molecule has 3 atom stereocenters. The highest BCUT2D eigenvalue weighted by molar-refractivity contribution is 6.89. The zero-order chi connectivity index (χ0) is 34.2. The van der Waals surface area contributed by atoms with Crippen LogP contribution in [0.1, 0.15) is 91.3 Å². The average molecular weight is 688 g/mol. The number of aromatic nitrogens is 3. The summed E-state index contributed by atoms with van der Waals surface area (Å²) in [4.78, 5) is 4.87. The van der Waals surface area contributed by atoms with E-state index in [4.69, 9.17) is 9.40 Å². The average Bonchev–Trinajstić information content (AvgIpc) is 3.66. The van der Waals surface area contributed by atoms with Crippen LogP contribution in [0.4, 0.5) is 0 Å². The molecule has 51 heavy (non-hydrogen) atoms. The van der Waals surface area contributed by atoms with Crippen LogP contribution >= 0.6 is 0 Å². The van der Waals surface area contributed by atoms with E-state index in [1.54, 1.807) is 10.8 Å². The van der Waals surface area contributed by atoms with Crippen LogP contribution in [-0.2, 0) is 18.4 Å². The second kappa shape index (κ2) is 10.7. The molecule has 1 spiro atoms. The first-order valence-corrected chi connectivity index (χ1v) is 23.4. The zero-order valence-corrected chi connectivity index (χ0v) is 31.6. The molecule has 4 nitrogen and oxygen atoms in total. The molecular formula is C46H49N3OSi+2. The second-order valence-corrected chi connectivity index (χ2v) is 22.9. The Balaban J connectivity index is 1.17. The molecule has 2 aliphatic heterocycles. The lowest BCUT2D eigenvalue weighted by Gasteiger charge is -2.23. The maximum atomic E-state index is 6.84. The molecule has 5 heteroatoms. The normalized spacial score (nSPS) is 23.5. The van der Waals surface area contributed by atoms with E-state index in [0.29, 0.717) is 12.0 Å². The van der Waals surface area contributed by atoms with Crippen molar-refractivity contribution < 1.29 is 13.6 Å². The monoisotopic (exact) mass is 687 g/mol. The second-order valence-electron chi connectivity index (χ2n) is 17.9. The molecule has 6 heterocycles. The van der Waals surface area contributed by atoms with E-state index in [1.165, 1.54) is 109 Å². The van der Waals surface area contributed by atoms with Gasteiger partial charge in [0.15, 0.2) is 18.0 Å². The van der Waals surface area contributed by atoms with Gasteiger partial charge in [-0.2, -0.15) is 9.13 Å². The fourth-order valence-electron chi connectivity index (χ4n) is 11.4. The lowest BCUT2D eigenvalue weighted by atomic mass is 9.91. The molecule has 6 aromatic rings. The van der Waals surface area contributed by atoms with Gasteiger partial charge in [0.05, 0.1) is 19.2 Å². The van der Waals surface area contributed by atoms with Crippen LogP contribution in [0.25, 0.3) is 44.6 Å². The van der Waals surface area contributed by atoms with E-state index in [2.05, 4.69) is 115 Å². The lowest BCUT2D eigenvalue weighted by Crippen LogP contribution is -2.54. The zero-order valence-electron chi connectivity index (χ0n) is 30.6. The number of aryl methyl sites for hydroxylation is 1. The van der Waals surface area contributed by atoms with Crippen LogP contribution in [0.15, 0.2) is 83.5 Å². The van der Waals surface area contributed by atoms with Crippen LogP contribution < -0.4 is 14.3 Å². The molecule has 0 radical (unpaired) electrons. The molecular weight excluding hydrogens is 639 g/mol. The largest absolute Gasteiger partial charge is 0.437 e. The summed E-state index contributed by atoms with van der Waals surface area (Å²) in [5, 5.41) is 3.94. The maximum Gasteiger partial charge on any atom is 0.269 e. The highest BCUT2D eigenvalue weighted by Crippen LogP contribution is 2.71. The Bertz CT molecular complexity index is 2420. The van der Waals surface area contributed by atoms with Gasteiger partial charge in [-0.05, 0) is 72.6 Å². The molecule has 3 fully saturated rings. The number of nitrogens with zero attached hydrogens (tertiary/aromatic N) is 3. The van der Waals surface area contributed by atoms with Crippen LogP contribution in [0.5, 0.6) is 0 Å². The van der Waals surface area contributed by atoms with Crippen molar-refractivity contribution in [2.75, 3.05) is 0 Å². The van der Waals surface area contributed by atoms with Gasteiger partial charge in [-0.15, -0.1) is 0 Å². The van der Waals surface area contributed by atoms with Crippen molar-refractivity contribution in [2.24, 2.45) is 11.8 Å². The highest BCUT2D eigenvalue weighted by Gasteiger charge is 2.86. The summed E-state index contributed by atoms with van der Waals surface area (Å²) < 4.78 is 12.3. The van der Waals surface area contributed by atoms with E-state index >= 15 is 0 Å². The summed E-state index contributed by atoms with van der Waals surface area (Å²) in [6.07, 6.45) is 18.6. The third-order valence-electron chi connectivity index (χ3n) is 13.7. The molecule has 3 saturated carbocycles. The van der Waals surface area contributed by atoms with Gasteiger partial charge in [-0.3, -0.25) is 0 Å². The van der Waals surface area contributed by atoms with Gasteiger partial charge in [0.1, 0.15) is 5.92 Å². The number of furan rings is 1. The van der Waals surface area contributed by atoms with Crippen LogP contribution in [-0.4, -0.2) is 13.1 Å². The van der Waals surface area contributed by atoms with E-state index < -0.39 is 8.07 Å². The Morgan fingerprint density at radius 1 is 0.824 bits per heavy atom. The molecule has 0 amide bonds. The van der Waals surface area contributed by atoms with Crippen molar-refractivity contribution >= 4 is 35.3 Å². The van der Waals surface area contributed by atoms with Crippen molar-refractivity contribution in [1.29, 1.82) is 0 Å². The first-order chi connectivity index (χ1) is 24.8. The quantitative estimate of drug-likeness (QED) is 0.134. The number of hydrogen-bond donors (Lipinski definition) is 0. The smallest absolute Gasteiger partial charge is 0.269 e. The van der Waals surface area contributed by atoms with Crippen LogP contribution in [0, 0.1) is 18.8 Å². The summed E-state index contributed by atoms with van der Waals surface area (Å²) in [6.45, 7) is 9.72. The first-order valence-electron chi connectivity index (χ1n) is 19.9.